The average molecular weight is 512 g/mol. The number of anilines is 3. The van der Waals surface area contributed by atoms with Gasteiger partial charge in [0.25, 0.3) is 5.91 Å². The van der Waals surface area contributed by atoms with Crippen LogP contribution in [0.1, 0.15) is 73.7 Å². The Hall–Kier alpha value is -2.75. The standard InChI is InChI=1S/C28H41N5O4/c1-4-5-6-7-22-18-32(13-12-28(22)10-11-28)25-17-23(33(36)14-15-37-19-34)8-9-24(25)27(35)31-26-16-20(2)29-21(3)30-26/h8-9,16-17,22,34,36H,4-7,10-15,18-19H2,1-3H3,(H,29,30,31,35). The van der Waals surface area contributed by atoms with Crippen molar-refractivity contribution in [1.82, 2.24) is 9.97 Å². The van der Waals surface area contributed by atoms with Gasteiger partial charge in [0, 0.05) is 24.8 Å². The predicted molar refractivity (Wildman–Crippen MR) is 144 cm³/mol. The molecular formula is C28H41N5O4. The second kappa shape index (κ2) is 12.2. The van der Waals surface area contributed by atoms with Crippen LogP contribution in [0.5, 0.6) is 0 Å². The zero-order chi connectivity index (χ0) is 26.4. The lowest BCUT2D eigenvalue weighted by Gasteiger charge is -2.41. The second-order valence-corrected chi connectivity index (χ2v) is 10.5. The van der Waals surface area contributed by atoms with E-state index in [4.69, 9.17) is 9.84 Å². The van der Waals surface area contributed by atoms with E-state index in [0.29, 0.717) is 34.2 Å². The van der Waals surface area contributed by atoms with Crippen LogP contribution < -0.4 is 15.3 Å². The minimum Gasteiger partial charge on any atom is -0.371 e. The first kappa shape index (κ1) is 27.3. The number of ether oxygens (including phenoxy) is 1. The molecule has 1 atom stereocenters. The Labute approximate surface area is 219 Å². The molecule has 1 aliphatic heterocycles. The van der Waals surface area contributed by atoms with E-state index in [2.05, 4.69) is 27.1 Å². The molecule has 1 aliphatic carbocycles. The molecule has 1 saturated carbocycles. The number of hydrogen-bond donors (Lipinski definition) is 3. The number of aliphatic hydroxyl groups is 1. The summed E-state index contributed by atoms with van der Waals surface area (Å²) in [5.74, 6) is 1.46. The summed E-state index contributed by atoms with van der Waals surface area (Å²) in [4.78, 5) is 24.5. The number of hydrogen-bond acceptors (Lipinski definition) is 8. The minimum absolute atomic E-state index is 0.183. The molecule has 202 valence electrons. The molecule has 1 unspecified atom stereocenters. The van der Waals surface area contributed by atoms with Crippen LogP contribution in [0.2, 0.25) is 0 Å². The smallest absolute Gasteiger partial charge is 0.258 e. The highest BCUT2D eigenvalue weighted by Crippen LogP contribution is 2.58. The van der Waals surface area contributed by atoms with Crippen molar-refractivity contribution >= 4 is 23.1 Å². The summed E-state index contributed by atoms with van der Waals surface area (Å²) >= 11 is 0. The van der Waals surface area contributed by atoms with E-state index >= 15 is 0 Å². The molecule has 9 heteroatoms. The fourth-order valence-electron chi connectivity index (χ4n) is 5.63. The van der Waals surface area contributed by atoms with Crippen molar-refractivity contribution in [3.63, 3.8) is 0 Å². The third-order valence-electron chi connectivity index (χ3n) is 7.85. The highest BCUT2D eigenvalue weighted by atomic mass is 16.6. The highest BCUT2D eigenvalue weighted by molar-refractivity contribution is 6.08. The van der Waals surface area contributed by atoms with E-state index in [1.807, 2.05) is 13.0 Å². The Morgan fingerprint density at radius 3 is 2.73 bits per heavy atom. The molecule has 1 aromatic carbocycles. The molecule has 1 spiro atoms. The summed E-state index contributed by atoms with van der Waals surface area (Å²) in [5, 5.41) is 23.6. The summed E-state index contributed by atoms with van der Waals surface area (Å²) in [6.45, 7) is 7.71. The molecule has 1 saturated heterocycles. The van der Waals surface area contributed by atoms with Crippen molar-refractivity contribution in [2.24, 2.45) is 11.3 Å². The van der Waals surface area contributed by atoms with Gasteiger partial charge >= 0.3 is 0 Å². The Morgan fingerprint density at radius 2 is 2.03 bits per heavy atom. The van der Waals surface area contributed by atoms with Gasteiger partial charge < -0.3 is 20.1 Å². The van der Waals surface area contributed by atoms with Gasteiger partial charge in [-0.3, -0.25) is 15.1 Å². The van der Waals surface area contributed by atoms with Crippen LogP contribution in [-0.4, -0.2) is 59.2 Å². The van der Waals surface area contributed by atoms with Crippen molar-refractivity contribution in [2.45, 2.75) is 65.7 Å². The van der Waals surface area contributed by atoms with Gasteiger partial charge in [-0.2, -0.15) is 0 Å². The van der Waals surface area contributed by atoms with Crippen molar-refractivity contribution in [1.29, 1.82) is 0 Å². The third kappa shape index (κ3) is 6.77. The van der Waals surface area contributed by atoms with Crippen LogP contribution in [0.15, 0.2) is 24.3 Å². The van der Waals surface area contributed by atoms with Crippen molar-refractivity contribution < 1.29 is 19.8 Å². The summed E-state index contributed by atoms with van der Waals surface area (Å²) < 4.78 is 4.98. The molecule has 4 rings (SSSR count). The first-order valence-electron chi connectivity index (χ1n) is 13.5. The fraction of sp³-hybridized carbons (Fsp3) is 0.607. The molecule has 1 aromatic heterocycles. The lowest BCUT2D eigenvalue weighted by atomic mass is 9.79. The van der Waals surface area contributed by atoms with Crippen LogP contribution >= 0.6 is 0 Å². The number of nitrogens with one attached hydrogen (secondary N) is 1. The first-order chi connectivity index (χ1) is 17.8. The van der Waals surface area contributed by atoms with Gasteiger partial charge in [0.05, 0.1) is 30.1 Å². The van der Waals surface area contributed by atoms with Crippen molar-refractivity contribution in [3.05, 3.63) is 41.3 Å². The van der Waals surface area contributed by atoms with Crippen LogP contribution in [0.3, 0.4) is 0 Å². The lowest BCUT2D eigenvalue weighted by Crippen LogP contribution is -2.42. The van der Waals surface area contributed by atoms with Crippen molar-refractivity contribution in [2.75, 3.05) is 48.3 Å². The molecule has 37 heavy (non-hydrogen) atoms. The van der Waals surface area contributed by atoms with Gasteiger partial charge in [-0.1, -0.05) is 26.2 Å². The van der Waals surface area contributed by atoms with Gasteiger partial charge in [0.2, 0.25) is 0 Å². The maximum Gasteiger partial charge on any atom is 0.258 e. The number of hydroxylamine groups is 1. The number of piperidine rings is 1. The largest absolute Gasteiger partial charge is 0.371 e. The Balaban J connectivity index is 1.60. The first-order valence-corrected chi connectivity index (χ1v) is 13.5. The highest BCUT2D eigenvalue weighted by Gasteiger charge is 2.51. The predicted octanol–water partition coefficient (Wildman–Crippen LogP) is 4.69. The topological polar surface area (TPSA) is 111 Å². The van der Waals surface area contributed by atoms with E-state index in [-0.39, 0.29) is 19.1 Å². The molecule has 2 aliphatic rings. The molecule has 3 N–H and O–H groups in total. The molecular weight excluding hydrogens is 470 g/mol. The number of amides is 1. The maximum atomic E-state index is 13.5. The molecule has 1 amide bonds. The lowest BCUT2D eigenvalue weighted by molar-refractivity contribution is -0.00271. The van der Waals surface area contributed by atoms with Gasteiger partial charge in [-0.15, -0.1) is 0 Å². The Kier molecular flexibility index (Phi) is 9.00. The monoisotopic (exact) mass is 511 g/mol. The number of unbranched alkanes of at least 4 members (excludes halogenated alkanes) is 2. The summed E-state index contributed by atoms with van der Waals surface area (Å²) in [6.07, 6.45) is 8.68. The van der Waals surface area contributed by atoms with Gasteiger partial charge in [-0.05, 0) is 69.1 Å². The van der Waals surface area contributed by atoms with Crippen LogP contribution in [-0.2, 0) is 4.74 Å². The average Bonchev–Trinajstić information content (AvgIpc) is 3.64. The number of carbonyl (C=O) groups is 1. The number of rotatable bonds is 12. The van der Waals surface area contributed by atoms with E-state index in [1.165, 1.54) is 38.5 Å². The number of benzene rings is 1. The third-order valence-corrected chi connectivity index (χ3v) is 7.85. The maximum absolute atomic E-state index is 13.5. The van der Waals surface area contributed by atoms with E-state index < -0.39 is 6.79 Å². The Bertz CT molecular complexity index is 1050. The van der Waals surface area contributed by atoms with Gasteiger partial charge in [-0.25, -0.2) is 9.97 Å². The van der Waals surface area contributed by atoms with Crippen LogP contribution in [0.25, 0.3) is 0 Å². The minimum atomic E-state index is -0.394. The zero-order valence-corrected chi connectivity index (χ0v) is 22.4. The molecule has 2 heterocycles. The molecule has 9 nitrogen and oxygen atoms in total. The summed E-state index contributed by atoms with van der Waals surface area (Å²) in [6, 6.07) is 7.15. The Morgan fingerprint density at radius 1 is 1.22 bits per heavy atom. The quantitative estimate of drug-likeness (QED) is 0.214. The van der Waals surface area contributed by atoms with Crippen LogP contribution in [0.4, 0.5) is 17.2 Å². The molecule has 0 bridgehead atoms. The SMILES string of the molecule is CCCCCC1CN(c2cc(N(O)CCOCO)ccc2C(=O)Nc2cc(C)nc(C)n2)CCC12CC2. The number of carbonyl (C=O) groups excluding carboxylic acids is 1. The van der Waals surface area contributed by atoms with Crippen LogP contribution in [0, 0.1) is 25.2 Å². The van der Waals surface area contributed by atoms with E-state index in [0.717, 1.165) is 36.0 Å². The zero-order valence-electron chi connectivity index (χ0n) is 22.4. The molecule has 2 fully saturated rings. The number of aliphatic hydroxyl groups excluding tert-OH is 1. The second-order valence-electron chi connectivity index (χ2n) is 10.5. The number of nitrogens with zero attached hydrogens (tertiary/aromatic N) is 4. The summed E-state index contributed by atoms with van der Waals surface area (Å²) in [7, 11) is 0. The number of aryl methyl sites for hydroxylation is 2. The normalized spacial score (nSPS) is 18.2. The molecule has 2 aromatic rings. The number of aromatic nitrogens is 2. The fourth-order valence-corrected chi connectivity index (χ4v) is 5.63. The van der Waals surface area contributed by atoms with Crippen molar-refractivity contribution in [3.8, 4) is 0 Å². The molecule has 0 radical (unpaired) electrons. The summed E-state index contributed by atoms with van der Waals surface area (Å²) in [5.41, 5.74) is 3.22. The van der Waals surface area contributed by atoms with E-state index in [1.54, 1.807) is 25.1 Å². The van der Waals surface area contributed by atoms with E-state index in [9.17, 15) is 10.0 Å². The van der Waals surface area contributed by atoms with Gasteiger partial charge in [0.1, 0.15) is 18.4 Å². The van der Waals surface area contributed by atoms with Gasteiger partial charge in [0.15, 0.2) is 0 Å².